The fourth-order valence-corrected chi connectivity index (χ4v) is 7.13. The van der Waals surface area contributed by atoms with Crippen LogP contribution in [0.3, 0.4) is 0 Å². The van der Waals surface area contributed by atoms with Crippen LogP contribution in [0.15, 0.2) is 77.2 Å². The average molecular weight is 685 g/mol. The van der Waals surface area contributed by atoms with Crippen molar-refractivity contribution in [3.05, 3.63) is 95.4 Å². The van der Waals surface area contributed by atoms with Crippen molar-refractivity contribution in [1.29, 1.82) is 0 Å². The lowest BCUT2D eigenvalue weighted by atomic mass is 9.83. The third-order valence-electron chi connectivity index (χ3n) is 9.91. The summed E-state index contributed by atoms with van der Waals surface area (Å²) in [6.45, 7) is 8.77. The number of hydrogen-bond acceptors (Lipinski definition) is 6. The maximum atomic E-state index is 15.0. The molecule has 1 aliphatic heterocycles. The summed E-state index contributed by atoms with van der Waals surface area (Å²) in [5.41, 5.74) is 1.13. The van der Waals surface area contributed by atoms with Crippen molar-refractivity contribution >= 4 is 23.8 Å². The second kappa shape index (κ2) is 16.0. The van der Waals surface area contributed by atoms with E-state index in [2.05, 4.69) is 10.6 Å². The number of ether oxygens (including phenoxy) is 1. The van der Waals surface area contributed by atoms with Crippen LogP contribution in [0.1, 0.15) is 107 Å². The number of carbonyl (C=O) groups is 4. The number of rotatable bonds is 10. The van der Waals surface area contributed by atoms with Crippen LogP contribution >= 0.6 is 0 Å². The number of amides is 4. The third kappa shape index (κ3) is 8.76. The molecule has 4 atom stereocenters. The third-order valence-corrected chi connectivity index (χ3v) is 9.91. The average Bonchev–Trinajstić information content (AvgIpc) is 3.75. The highest BCUT2D eigenvalue weighted by molar-refractivity contribution is 5.94. The number of hydrogen-bond donors (Lipinski definition) is 2. The van der Waals surface area contributed by atoms with Crippen LogP contribution in [0.4, 0.5) is 4.79 Å². The minimum atomic E-state index is -0.901. The largest absolute Gasteiger partial charge is 0.464 e. The van der Waals surface area contributed by atoms with Crippen molar-refractivity contribution in [3.63, 3.8) is 0 Å². The van der Waals surface area contributed by atoms with E-state index in [-0.39, 0.29) is 17.7 Å². The molecule has 50 heavy (non-hydrogen) atoms. The number of benzene rings is 2. The number of carbonyl (C=O) groups excluding carboxylic acids is 4. The van der Waals surface area contributed by atoms with Gasteiger partial charge in [0.15, 0.2) is 0 Å². The van der Waals surface area contributed by atoms with E-state index in [9.17, 15) is 14.4 Å². The summed E-state index contributed by atoms with van der Waals surface area (Å²) >= 11 is 0. The van der Waals surface area contributed by atoms with Gasteiger partial charge in [-0.3, -0.25) is 19.3 Å². The van der Waals surface area contributed by atoms with Crippen molar-refractivity contribution in [1.82, 2.24) is 20.4 Å². The number of likely N-dealkylation sites (tertiary alicyclic amines) is 1. The summed E-state index contributed by atoms with van der Waals surface area (Å²) in [4.78, 5) is 59.0. The van der Waals surface area contributed by atoms with Gasteiger partial charge in [0, 0.05) is 7.05 Å². The highest BCUT2D eigenvalue weighted by atomic mass is 16.6. The molecule has 2 aliphatic rings. The van der Waals surface area contributed by atoms with Crippen molar-refractivity contribution in [2.45, 2.75) is 115 Å². The quantitative estimate of drug-likeness (QED) is 0.241. The molecule has 4 amide bonds. The molecular weight excluding hydrogens is 632 g/mol. The molecule has 0 unspecified atom stereocenters. The molecule has 1 aliphatic carbocycles. The van der Waals surface area contributed by atoms with Gasteiger partial charge in [-0.05, 0) is 89.5 Å². The first-order valence-corrected chi connectivity index (χ1v) is 17.9. The first kappa shape index (κ1) is 36.7. The van der Waals surface area contributed by atoms with E-state index in [0.717, 1.165) is 43.2 Å². The van der Waals surface area contributed by atoms with Gasteiger partial charge in [-0.2, -0.15) is 0 Å². The van der Waals surface area contributed by atoms with Gasteiger partial charge in [0.1, 0.15) is 35.2 Å². The lowest BCUT2D eigenvalue weighted by molar-refractivity contribution is -0.146. The minimum Gasteiger partial charge on any atom is -0.464 e. The maximum Gasteiger partial charge on any atom is 0.410 e. The highest BCUT2D eigenvalue weighted by Crippen LogP contribution is 2.40. The second-order valence-corrected chi connectivity index (χ2v) is 14.7. The van der Waals surface area contributed by atoms with Gasteiger partial charge in [0.05, 0.1) is 12.1 Å². The van der Waals surface area contributed by atoms with Gasteiger partial charge in [-0.15, -0.1) is 0 Å². The fourth-order valence-electron chi connectivity index (χ4n) is 7.13. The van der Waals surface area contributed by atoms with Gasteiger partial charge in [0.2, 0.25) is 17.7 Å². The van der Waals surface area contributed by atoms with Gasteiger partial charge < -0.3 is 24.7 Å². The molecule has 2 N–H and O–H groups in total. The van der Waals surface area contributed by atoms with Gasteiger partial charge in [0.25, 0.3) is 0 Å². The molecule has 0 radical (unpaired) electrons. The van der Waals surface area contributed by atoms with Crippen LogP contribution in [-0.4, -0.2) is 64.4 Å². The minimum absolute atomic E-state index is 0.121. The lowest BCUT2D eigenvalue weighted by Gasteiger charge is -2.38. The van der Waals surface area contributed by atoms with Crippen LogP contribution in [-0.2, 0) is 19.1 Å². The summed E-state index contributed by atoms with van der Waals surface area (Å²) in [5, 5.41) is 6.32. The van der Waals surface area contributed by atoms with Crippen LogP contribution in [0.2, 0.25) is 0 Å². The molecule has 2 heterocycles. The smallest absolute Gasteiger partial charge is 0.410 e. The van der Waals surface area contributed by atoms with Crippen molar-refractivity contribution < 1.29 is 28.3 Å². The number of nitrogens with one attached hydrogen (secondary N) is 2. The zero-order valence-corrected chi connectivity index (χ0v) is 30.2. The van der Waals surface area contributed by atoms with E-state index in [4.69, 9.17) is 9.15 Å². The Kier molecular flexibility index (Phi) is 11.7. The van der Waals surface area contributed by atoms with E-state index in [1.54, 1.807) is 32.6 Å². The SMILES string of the molecule is Cc1ccc([C@H]2CC[C@@H](C(=O)NC(c3ccccc3)c3ccccc3)N2C(=O)[C@@H](NC(=O)[C@H](C)N(C)C(=O)OC(C)(C)C)C2CCCCC2)o1. The first-order chi connectivity index (χ1) is 23.8. The molecule has 3 aromatic rings. The molecule has 2 aromatic carbocycles. The van der Waals surface area contributed by atoms with E-state index in [0.29, 0.717) is 24.4 Å². The zero-order chi connectivity index (χ0) is 36.0. The number of furan rings is 1. The van der Waals surface area contributed by atoms with E-state index in [1.165, 1.54) is 11.9 Å². The predicted octanol–water partition coefficient (Wildman–Crippen LogP) is 6.85. The molecule has 1 saturated heterocycles. The maximum absolute atomic E-state index is 15.0. The Labute approximate surface area is 295 Å². The Morgan fingerprint density at radius 1 is 0.840 bits per heavy atom. The molecule has 1 saturated carbocycles. The Hall–Kier alpha value is -4.60. The Morgan fingerprint density at radius 2 is 1.44 bits per heavy atom. The van der Waals surface area contributed by atoms with Gasteiger partial charge >= 0.3 is 6.09 Å². The van der Waals surface area contributed by atoms with Crippen molar-refractivity contribution in [3.8, 4) is 0 Å². The Bertz CT molecular complexity index is 1570. The van der Waals surface area contributed by atoms with E-state index >= 15 is 4.79 Å². The molecule has 10 nitrogen and oxygen atoms in total. The molecule has 5 rings (SSSR count). The molecule has 2 fully saturated rings. The highest BCUT2D eigenvalue weighted by Gasteiger charge is 2.47. The van der Waals surface area contributed by atoms with Gasteiger partial charge in [-0.25, -0.2) is 4.79 Å². The van der Waals surface area contributed by atoms with Crippen LogP contribution in [0.5, 0.6) is 0 Å². The van der Waals surface area contributed by atoms with E-state index in [1.807, 2.05) is 79.7 Å². The Morgan fingerprint density at radius 3 is 1.98 bits per heavy atom. The summed E-state index contributed by atoms with van der Waals surface area (Å²) in [5.74, 6) is 0.161. The monoisotopic (exact) mass is 684 g/mol. The molecule has 1 aromatic heterocycles. The molecule has 268 valence electrons. The molecular formula is C40H52N4O6. The van der Waals surface area contributed by atoms with Crippen molar-refractivity contribution in [2.75, 3.05) is 7.05 Å². The molecule has 0 spiro atoms. The summed E-state index contributed by atoms with van der Waals surface area (Å²) in [6.07, 6.45) is 4.82. The van der Waals surface area contributed by atoms with Crippen LogP contribution < -0.4 is 10.6 Å². The molecule has 10 heteroatoms. The Balaban J connectivity index is 1.46. The number of nitrogens with zero attached hydrogens (tertiary/aromatic N) is 2. The van der Waals surface area contributed by atoms with Crippen LogP contribution in [0.25, 0.3) is 0 Å². The summed E-state index contributed by atoms with van der Waals surface area (Å²) in [6, 6.07) is 19.8. The molecule has 0 bridgehead atoms. The normalized spacial score (nSPS) is 19.5. The standard InChI is InChI=1S/C40H52N4O6/c1-26-22-25-33(49-26)31-23-24-32(37(46)41-34(28-16-10-7-11-17-28)29-18-12-8-13-19-29)44(31)38(47)35(30-20-14-9-15-21-30)42-36(45)27(2)43(6)39(48)50-40(3,4)5/h7-8,10-13,16-19,22,25,27,30-32,34-35H,9,14-15,20-21,23-24H2,1-6H3,(H,41,46)(H,42,45)/t27-,31+,32-,35-/m0/s1. The lowest BCUT2D eigenvalue weighted by Crippen LogP contribution is -2.59. The predicted molar refractivity (Wildman–Crippen MR) is 191 cm³/mol. The van der Waals surface area contributed by atoms with Crippen LogP contribution in [0, 0.1) is 12.8 Å². The zero-order valence-electron chi connectivity index (χ0n) is 30.2. The summed E-state index contributed by atoms with van der Waals surface area (Å²) in [7, 11) is 1.52. The number of likely N-dealkylation sites (N-methyl/N-ethyl adjacent to an activating group) is 1. The van der Waals surface area contributed by atoms with Gasteiger partial charge in [-0.1, -0.05) is 79.9 Å². The topological polar surface area (TPSA) is 121 Å². The number of aryl methyl sites for hydroxylation is 1. The second-order valence-electron chi connectivity index (χ2n) is 14.7. The van der Waals surface area contributed by atoms with E-state index < -0.39 is 47.8 Å². The first-order valence-electron chi connectivity index (χ1n) is 17.9. The fraction of sp³-hybridized carbons (Fsp3) is 0.500. The summed E-state index contributed by atoms with van der Waals surface area (Å²) < 4.78 is 11.6. The van der Waals surface area contributed by atoms with Crippen molar-refractivity contribution in [2.24, 2.45) is 5.92 Å².